The molecule has 0 fully saturated rings. The molecule has 0 saturated carbocycles. The highest BCUT2D eigenvalue weighted by atomic mass is 32.2. The van der Waals surface area contributed by atoms with E-state index in [1.807, 2.05) is 0 Å². The van der Waals surface area contributed by atoms with Crippen molar-refractivity contribution >= 4 is 10.1 Å². The molecule has 2 aromatic carbocycles. The van der Waals surface area contributed by atoms with Gasteiger partial charge in [0, 0.05) is 6.54 Å². The quantitative estimate of drug-likeness (QED) is 0.795. The van der Waals surface area contributed by atoms with E-state index in [0.717, 1.165) is 18.7 Å². The van der Waals surface area contributed by atoms with Crippen molar-refractivity contribution in [1.29, 1.82) is 0 Å². The first-order chi connectivity index (χ1) is 9.97. The summed E-state index contributed by atoms with van der Waals surface area (Å²) >= 11 is 0. The molecule has 4 nitrogen and oxygen atoms in total. The Morgan fingerprint density at radius 3 is 2.33 bits per heavy atom. The summed E-state index contributed by atoms with van der Waals surface area (Å²) in [7, 11) is -4.03. The zero-order chi connectivity index (χ0) is 15.3. The number of aryl methyl sites for hydroxylation is 1. The maximum Gasteiger partial charge on any atom is 0.294 e. The van der Waals surface area contributed by atoms with Crippen LogP contribution in [0.2, 0.25) is 0 Å². The molecule has 0 saturated heterocycles. The summed E-state index contributed by atoms with van der Waals surface area (Å²) in [5, 5.41) is 3.34. The first-order valence-electron chi connectivity index (χ1n) is 6.78. The Hall–Kier alpha value is -1.69. The molecule has 112 valence electrons. The van der Waals surface area contributed by atoms with Crippen LogP contribution in [0.1, 0.15) is 16.7 Å². The Kier molecular flexibility index (Phi) is 5.12. The zero-order valence-corrected chi connectivity index (χ0v) is 12.7. The van der Waals surface area contributed by atoms with Crippen LogP contribution < -0.4 is 5.32 Å². The third kappa shape index (κ3) is 4.67. The van der Waals surface area contributed by atoms with Crippen LogP contribution in [0.25, 0.3) is 0 Å². The Bertz CT molecular complexity index is 686. The van der Waals surface area contributed by atoms with Crippen LogP contribution in [0.15, 0.2) is 53.4 Å². The largest absolute Gasteiger partial charge is 0.312 e. The average Bonchev–Trinajstić information content (AvgIpc) is 2.47. The summed E-state index contributed by atoms with van der Waals surface area (Å²) in [6.45, 7) is 3.95. The molecule has 0 aliphatic carbocycles. The van der Waals surface area contributed by atoms with Crippen LogP contribution in [-0.2, 0) is 23.1 Å². The zero-order valence-electron chi connectivity index (χ0n) is 11.9. The fraction of sp³-hybridized carbons (Fsp3) is 0.250. The van der Waals surface area contributed by atoms with Gasteiger partial charge in [-0.1, -0.05) is 36.4 Å². The minimum atomic E-state index is -4.03. The molecule has 0 radical (unpaired) electrons. The van der Waals surface area contributed by atoms with Crippen LogP contribution in [0.4, 0.5) is 0 Å². The SMILES string of the molecule is Cc1cccc(S(=O)(=O)O)c1.c1ccc2c(c1)CCNC2. The fourth-order valence-corrected chi connectivity index (χ4v) is 2.78. The molecule has 0 unspecified atom stereocenters. The topological polar surface area (TPSA) is 66.4 Å². The number of benzene rings is 2. The summed E-state index contributed by atoms with van der Waals surface area (Å²) in [6, 6.07) is 14.7. The second kappa shape index (κ2) is 6.85. The van der Waals surface area contributed by atoms with Gasteiger partial charge < -0.3 is 5.32 Å². The molecule has 0 aromatic heterocycles. The van der Waals surface area contributed by atoms with E-state index in [1.165, 1.54) is 29.7 Å². The van der Waals surface area contributed by atoms with Crippen LogP contribution in [0.3, 0.4) is 0 Å². The third-order valence-electron chi connectivity index (χ3n) is 3.29. The average molecular weight is 305 g/mol. The van der Waals surface area contributed by atoms with E-state index in [0.29, 0.717) is 0 Å². The maximum absolute atomic E-state index is 10.5. The first-order valence-corrected chi connectivity index (χ1v) is 8.22. The summed E-state index contributed by atoms with van der Waals surface area (Å²) in [6.07, 6.45) is 1.19. The van der Waals surface area contributed by atoms with E-state index < -0.39 is 10.1 Å². The second-order valence-electron chi connectivity index (χ2n) is 4.99. The van der Waals surface area contributed by atoms with Gasteiger partial charge in [0.15, 0.2) is 0 Å². The van der Waals surface area contributed by atoms with Crippen LogP contribution in [0, 0.1) is 6.92 Å². The van der Waals surface area contributed by atoms with Gasteiger partial charge in [-0.2, -0.15) is 8.42 Å². The van der Waals surface area contributed by atoms with E-state index in [-0.39, 0.29) is 4.90 Å². The van der Waals surface area contributed by atoms with E-state index in [2.05, 4.69) is 29.6 Å². The Morgan fingerprint density at radius 1 is 1.05 bits per heavy atom. The van der Waals surface area contributed by atoms with Crippen molar-refractivity contribution in [2.24, 2.45) is 0 Å². The smallest absolute Gasteiger partial charge is 0.294 e. The van der Waals surface area contributed by atoms with Crippen molar-refractivity contribution < 1.29 is 13.0 Å². The predicted octanol–water partition coefficient (Wildman–Crippen LogP) is 2.57. The molecule has 3 rings (SSSR count). The summed E-state index contributed by atoms with van der Waals surface area (Å²) in [5.41, 5.74) is 3.79. The number of hydrogen-bond acceptors (Lipinski definition) is 3. The van der Waals surface area contributed by atoms with Crippen LogP contribution in [-0.4, -0.2) is 19.5 Å². The minimum absolute atomic E-state index is 0.0579. The fourth-order valence-electron chi connectivity index (χ4n) is 2.20. The molecule has 0 bridgehead atoms. The van der Waals surface area contributed by atoms with Gasteiger partial charge in [-0.25, -0.2) is 0 Å². The Balaban J connectivity index is 0.000000154. The monoisotopic (exact) mass is 305 g/mol. The van der Waals surface area contributed by atoms with Gasteiger partial charge in [0.1, 0.15) is 0 Å². The van der Waals surface area contributed by atoms with Gasteiger partial charge in [-0.05, 0) is 48.7 Å². The Labute approximate surface area is 125 Å². The third-order valence-corrected chi connectivity index (χ3v) is 4.14. The number of hydrogen-bond donors (Lipinski definition) is 2. The molecular weight excluding hydrogens is 286 g/mol. The second-order valence-corrected chi connectivity index (χ2v) is 6.41. The van der Waals surface area contributed by atoms with Gasteiger partial charge >= 0.3 is 0 Å². The highest BCUT2D eigenvalue weighted by Gasteiger charge is 2.07. The highest BCUT2D eigenvalue weighted by Crippen LogP contribution is 2.11. The van der Waals surface area contributed by atoms with Crippen molar-refractivity contribution in [3.8, 4) is 0 Å². The molecule has 0 amide bonds. The molecule has 0 atom stereocenters. The van der Waals surface area contributed by atoms with Crippen molar-refractivity contribution in [1.82, 2.24) is 5.32 Å². The molecule has 1 heterocycles. The minimum Gasteiger partial charge on any atom is -0.312 e. The van der Waals surface area contributed by atoms with Gasteiger partial charge in [-0.3, -0.25) is 4.55 Å². The van der Waals surface area contributed by atoms with Crippen molar-refractivity contribution in [3.63, 3.8) is 0 Å². The number of rotatable bonds is 1. The number of fused-ring (bicyclic) bond motifs is 1. The van der Waals surface area contributed by atoms with Gasteiger partial charge in [0.05, 0.1) is 4.90 Å². The predicted molar refractivity (Wildman–Crippen MR) is 82.8 cm³/mol. The Morgan fingerprint density at radius 2 is 1.76 bits per heavy atom. The van der Waals surface area contributed by atoms with Gasteiger partial charge in [-0.15, -0.1) is 0 Å². The lowest BCUT2D eigenvalue weighted by Crippen LogP contribution is -2.23. The molecule has 21 heavy (non-hydrogen) atoms. The standard InChI is InChI=1S/C9H11N.C7H8O3S/c1-2-4-9-7-10-6-5-8(9)3-1;1-6-3-2-4-7(5-6)11(8,9)10/h1-4,10H,5-7H2;2-5H,1H3,(H,8,9,10). The number of nitrogens with one attached hydrogen (secondary N) is 1. The highest BCUT2D eigenvalue weighted by molar-refractivity contribution is 7.85. The van der Waals surface area contributed by atoms with Crippen molar-refractivity contribution in [2.75, 3.05) is 6.54 Å². The molecule has 2 N–H and O–H groups in total. The summed E-state index contributed by atoms with van der Waals surface area (Å²) < 4.78 is 29.7. The van der Waals surface area contributed by atoms with E-state index in [1.54, 1.807) is 19.1 Å². The molecule has 0 spiro atoms. The lowest BCUT2D eigenvalue weighted by Gasteiger charge is -2.15. The van der Waals surface area contributed by atoms with E-state index in [4.69, 9.17) is 4.55 Å². The maximum atomic E-state index is 10.5. The van der Waals surface area contributed by atoms with Crippen LogP contribution in [0.5, 0.6) is 0 Å². The van der Waals surface area contributed by atoms with E-state index in [9.17, 15) is 8.42 Å². The van der Waals surface area contributed by atoms with Crippen molar-refractivity contribution in [2.45, 2.75) is 24.8 Å². The lowest BCUT2D eigenvalue weighted by molar-refractivity contribution is 0.483. The molecule has 1 aliphatic heterocycles. The molecular formula is C16H19NO3S. The first kappa shape index (κ1) is 15.7. The van der Waals surface area contributed by atoms with Gasteiger partial charge in [0.25, 0.3) is 10.1 Å². The normalized spacial score (nSPS) is 13.8. The van der Waals surface area contributed by atoms with Crippen LogP contribution >= 0.6 is 0 Å². The van der Waals surface area contributed by atoms with Crippen molar-refractivity contribution in [3.05, 3.63) is 65.2 Å². The molecule has 1 aliphatic rings. The summed E-state index contributed by atoms with van der Waals surface area (Å²) in [5.74, 6) is 0. The molecule has 2 aromatic rings. The van der Waals surface area contributed by atoms with Gasteiger partial charge in [0.2, 0.25) is 0 Å². The van der Waals surface area contributed by atoms with E-state index >= 15 is 0 Å². The molecule has 5 heteroatoms. The lowest BCUT2D eigenvalue weighted by atomic mass is 10.0. The summed E-state index contributed by atoms with van der Waals surface area (Å²) in [4.78, 5) is -0.0579.